The van der Waals surface area contributed by atoms with Gasteiger partial charge in [0.2, 0.25) is 11.8 Å². The van der Waals surface area contributed by atoms with Gasteiger partial charge in [0.15, 0.2) is 0 Å². The van der Waals surface area contributed by atoms with Crippen LogP contribution in [0.25, 0.3) is 0 Å². The van der Waals surface area contributed by atoms with E-state index in [2.05, 4.69) is 14.8 Å². The molecule has 0 aliphatic heterocycles. The summed E-state index contributed by atoms with van der Waals surface area (Å²) in [6.45, 7) is 2.68. The Bertz CT molecular complexity index is 364. The van der Waals surface area contributed by atoms with Crippen LogP contribution in [0.5, 0.6) is 0 Å². The third-order valence-electron chi connectivity index (χ3n) is 1.82. The van der Waals surface area contributed by atoms with Gasteiger partial charge in [-0.2, -0.15) is 0 Å². The van der Waals surface area contributed by atoms with Gasteiger partial charge in [-0.05, 0) is 12.1 Å². The van der Waals surface area contributed by atoms with Crippen molar-refractivity contribution in [3.8, 4) is 0 Å². The van der Waals surface area contributed by atoms with Crippen LogP contribution in [0.4, 0.5) is 0 Å². The molecule has 0 unspecified atom stereocenters. The Morgan fingerprint density at radius 2 is 2.08 bits per heavy atom. The molecule has 0 fully saturated rings. The summed E-state index contributed by atoms with van der Waals surface area (Å²) in [4.78, 5) is 0. The molecule has 2 heterocycles. The molecule has 0 radical (unpaired) electrons. The Morgan fingerprint density at radius 1 is 1.31 bits per heavy atom. The van der Waals surface area contributed by atoms with Crippen LogP contribution in [-0.2, 0) is 13.0 Å². The van der Waals surface area contributed by atoms with Gasteiger partial charge in [-0.3, -0.25) is 0 Å². The van der Waals surface area contributed by atoms with Crippen molar-refractivity contribution in [2.24, 2.45) is 0 Å². The van der Waals surface area contributed by atoms with Crippen molar-refractivity contribution < 1.29 is 4.42 Å². The minimum absolute atomic E-state index is 0.627. The molecule has 0 aliphatic carbocycles. The molecule has 4 nitrogen and oxygen atoms in total. The molecule has 2 rings (SSSR count). The molecule has 4 heteroatoms. The van der Waals surface area contributed by atoms with Gasteiger partial charge in [0.25, 0.3) is 0 Å². The summed E-state index contributed by atoms with van der Waals surface area (Å²) in [6, 6.07) is 4.00. The predicted octanol–water partition coefficient (Wildman–Crippen LogP) is 1.42. The predicted molar refractivity (Wildman–Crippen MR) is 47.2 cm³/mol. The highest BCUT2D eigenvalue weighted by molar-refractivity contribution is 4.91. The van der Waals surface area contributed by atoms with Crippen molar-refractivity contribution in [3.05, 3.63) is 36.3 Å². The van der Waals surface area contributed by atoms with Crippen LogP contribution >= 0.6 is 0 Å². The van der Waals surface area contributed by atoms with Gasteiger partial charge in [0, 0.05) is 32.3 Å². The molecule has 0 saturated heterocycles. The number of nitrogens with zero attached hydrogens (tertiary/aromatic N) is 3. The molecule has 0 atom stereocenters. The molecule has 0 aliphatic rings. The van der Waals surface area contributed by atoms with Gasteiger partial charge in [-0.25, -0.2) is 0 Å². The van der Waals surface area contributed by atoms with Crippen molar-refractivity contribution >= 4 is 0 Å². The second kappa shape index (κ2) is 3.43. The number of hydrogen-bond donors (Lipinski definition) is 0. The highest BCUT2D eigenvalue weighted by Crippen LogP contribution is 2.00. The molecule has 68 valence electrons. The number of hydrogen-bond acceptors (Lipinski definition) is 3. The molecular formula is C9H11N3O. The zero-order chi connectivity index (χ0) is 9.10. The summed E-state index contributed by atoms with van der Waals surface area (Å²) in [7, 11) is 0. The first-order valence-electron chi connectivity index (χ1n) is 4.24. The van der Waals surface area contributed by atoms with Gasteiger partial charge < -0.3 is 8.98 Å². The smallest absolute Gasteiger partial charge is 0.218 e. The zero-order valence-corrected chi connectivity index (χ0v) is 7.47. The van der Waals surface area contributed by atoms with Crippen molar-refractivity contribution in [1.82, 2.24) is 14.8 Å². The van der Waals surface area contributed by atoms with E-state index in [9.17, 15) is 0 Å². The Hall–Kier alpha value is -1.58. The minimum atomic E-state index is 0.627. The van der Waals surface area contributed by atoms with E-state index in [1.54, 1.807) is 6.92 Å². The van der Waals surface area contributed by atoms with E-state index in [4.69, 9.17) is 4.42 Å². The van der Waals surface area contributed by atoms with Crippen LogP contribution in [0, 0.1) is 6.92 Å². The normalized spacial score (nSPS) is 10.5. The Kier molecular flexibility index (Phi) is 2.12. The van der Waals surface area contributed by atoms with E-state index >= 15 is 0 Å². The average molecular weight is 177 g/mol. The van der Waals surface area contributed by atoms with Crippen LogP contribution in [0.1, 0.15) is 11.8 Å². The molecule has 0 amide bonds. The average Bonchev–Trinajstić information content (AvgIpc) is 2.71. The number of rotatable bonds is 3. The first-order valence-corrected chi connectivity index (χ1v) is 4.24. The summed E-state index contributed by atoms with van der Waals surface area (Å²) < 4.78 is 7.33. The maximum absolute atomic E-state index is 5.25. The SMILES string of the molecule is Cc1nnc(CCn2cccc2)o1. The molecule has 0 bridgehead atoms. The van der Waals surface area contributed by atoms with E-state index in [1.165, 1.54) is 0 Å². The maximum Gasteiger partial charge on any atom is 0.218 e. The second-order valence-corrected chi connectivity index (χ2v) is 2.89. The Balaban J connectivity index is 1.93. The first-order chi connectivity index (χ1) is 6.34. The van der Waals surface area contributed by atoms with E-state index in [0.29, 0.717) is 11.8 Å². The number of aromatic nitrogens is 3. The third-order valence-corrected chi connectivity index (χ3v) is 1.82. The molecule has 0 saturated carbocycles. The van der Waals surface area contributed by atoms with Crippen LogP contribution in [0.3, 0.4) is 0 Å². The lowest BCUT2D eigenvalue weighted by Crippen LogP contribution is -1.98. The fraction of sp³-hybridized carbons (Fsp3) is 0.333. The summed E-state index contributed by atoms with van der Waals surface area (Å²) >= 11 is 0. The zero-order valence-electron chi connectivity index (χ0n) is 7.47. The molecule has 0 aromatic carbocycles. The summed E-state index contributed by atoms with van der Waals surface area (Å²) in [5.74, 6) is 1.33. The highest BCUT2D eigenvalue weighted by Gasteiger charge is 2.01. The summed E-state index contributed by atoms with van der Waals surface area (Å²) in [5.41, 5.74) is 0. The summed E-state index contributed by atoms with van der Waals surface area (Å²) in [5, 5.41) is 7.68. The maximum atomic E-state index is 5.25. The van der Waals surface area contributed by atoms with Crippen LogP contribution in [0.2, 0.25) is 0 Å². The van der Waals surface area contributed by atoms with Crippen LogP contribution in [0.15, 0.2) is 28.9 Å². The second-order valence-electron chi connectivity index (χ2n) is 2.89. The fourth-order valence-corrected chi connectivity index (χ4v) is 1.18. The number of aryl methyl sites for hydroxylation is 3. The molecular weight excluding hydrogens is 166 g/mol. The molecule has 2 aromatic rings. The first kappa shape index (κ1) is 8.04. The lowest BCUT2D eigenvalue weighted by Gasteiger charge is -1.97. The van der Waals surface area contributed by atoms with Gasteiger partial charge in [0.1, 0.15) is 0 Å². The van der Waals surface area contributed by atoms with Crippen molar-refractivity contribution in [1.29, 1.82) is 0 Å². The van der Waals surface area contributed by atoms with Crippen molar-refractivity contribution in [2.75, 3.05) is 0 Å². The van der Waals surface area contributed by atoms with Crippen molar-refractivity contribution in [2.45, 2.75) is 19.9 Å². The van der Waals surface area contributed by atoms with E-state index < -0.39 is 0 Å². The quantitative estimate of drug-likeness (QED) is 0.712. The fourth-order valence-electron chi connectivity index (χ4n) is 1.18. The monoisotopic (exact) mass is 177 g/mol. The molecule has 0 spiro atoms. The highest BCUT2D eigenvalue weighted by atomic mass is 16.4. The van der Waals surface area contributed by atoms with Gasteiger partial charge >= 0.3 is 0 Å². The van der Waals surface area contributed by atoms with Crippen molar-refractivity contribution in [3.63, 3.8) is 0 Å². The van der Waals surface area contributed by atoms with E-state index in [1.807, 2.05) is 24.5 Å². The van der Waals surface area contributed by atoms with E-state index in [-0.39, 0.29) is 0 Å². The lowest BCUT2D eigenvalue weighted by atomic mass is 10.4. The molecule has 13 heavy (non-hydrogen) atoms. The lowest BCUT2D eigenvalue weighted by molar-refractivity contribution is 0.454. The summed E-state index contributed by atoms with van der Waals surface area (Å²) in [6.07, 6.45) is 4.82. The topological polar surface area (TPSA) is 43.9 Å². The minimum Gasteiger partial charge on any atom is -0.426 e. The van der Waals surface area contributed by atoms with E-state index in [0.717, 1.165) is 13.0 Å². The largest absolute Gasteiger partial charge is 0.426 e. The Labute approximate surface area is 76.2 Å². The van der Waals surface area contributed by atoms with Crippen LogP contribution in [-0.4, -0.2) is 14.8 Å². The van der Waals surface area contributed by atoms with Gasteiger partial charge in [-0.1, -0.05) is 0 Å². The van der Waals surface area contributed by atoms with Crippen LogP contribution < -0.4 is 0 Å². The van der Waals surface area contributed by atoms with Gasteiger partial charge in [0.05, 0.1) is 0 Å². The standard InChI is InChI=1S/C9H11N3O/c1-8-10-11-9(13-8)4-7-12-5-2-3-6-12/h2-3,5-6H,4,7H2,1H3. The molecule has 2 aromatic heterocycles. The Morgan fingerprint density at radius 3 is 2.69 bits per heavy atom. The molecule has 0 N–H and O–H groups in total. The third kappa shape index (κ3) is 1.96. The van der Waals surface area contributed by atoms with Gasteiger partial charge in [-0.15, -0.1) is 10.2 Å².